The third-order valence-electron chi connectivity index (χ3n) is 9.73. The van der Waals surface area contributed by atoms with E-state index < -0.39 is 17.4 Å². The van der Waals surface area contributed by atoms with E-state index in [1.165, 1.54) is 44.5 Å². The fraction of sp³-hybridized carbons (Fsp3) is 0.263. The van der Waals surface area contributed by atoms with Gasteiger partial charge in [0.05, 0.1) is 0 Å². The fourth-order valence-corrected chi connectivity index (χ4v) is 29.0. The van der Waals surface area contributed by atoms with Gasteiger partial charge >= 0.3 is 245 Å². The van der Waals surface area contributed by atoms with Gasteiger partial charge in [-0.2, -0.15) is 0 Å². The van der Waals surface area contributed by atoms with Gasteiger partial charge in [0.25, 0.3) is 0 Å². The molecule has 4 aromatic carbocycles. The van der Waals surface area contributed by atoms with Crippen LogP contribution in [-0.4, -0.2) is 6.88 Å². The summed E-state index contributed by atoms with van der Waals surface area (Å²) in [5.74, 6) is 0.516. The zero-order valence-corrected chi connectivity index (χ0v) is 31.5. The van der Waals surface area contributed by atoms with Crippen molar-refractivity contribution in [1.29, 1.82) is 0 Å². The first-order valence-corrected chi connectivity index (χ1v) is 28.5. The van der Waals surface area contributed by atoms with Crippen molar-refractivity contribution >= 4 is 43.8 Å². The Morgan fingerprint density at radius 1 is 0.667 bits per heavy atom. The maximum Gasteiger partial charge on any atom is -0.147 e. The molecular formula is C38H44Cl2SiZr. The molecule has 2 unspecified atom stereocenters. The topological polar surface area (TPSA) is 0 Å². The minimum atomic E-state index is -3.64. The van der Waals surface area contributed by atoms with Crippen molar-refractivity contribution < 1.29 is 17.4 Å². The molecule has 0 amide bonds. The van der Waals surface area contributed by atoms with Crippen LogP contribution in [0.25, 0.3) is 34.4 Å². The SMILES string of the molecule is CC1=Cc2c(-c3ccccc3)c(C)cc(C)c2[CH]1[Zr]([CH3])([CH3])(=[SiH2])[CH]1C(C(C)C)=Cc2c(-c3ccccc3)cccc21.Cl.Cl. The monoisotopic (exact) mass is 688 g/mol. The van der Waals surface area contributed by atoms with Crippen molar-refractivity contribution in [2.75, 3.05) is 0 Å². The standard InChI is InChI=1S/2C18H17.2CH3.2ClH.H2Si.Zr/c1-12-9-16-13(2)11-14(3)18(17(16)10-12)15-7-5-4-6-8-15;1-13(2)16-11-15-9-6-10-17(18(15)12-16)14-7-4-3-5-8-14;;;;;;/h4-11H,1-3H3;3-13H,1-2H3;2*1H3;2*1H;1H2;. The molecule has 6 rings (SSSR count). The van der Waals surface area contributed by atoms with E-state index in [4.69, 9.17) is 0 Å². The largest absolute Gasteiger partial charge is 0.147 e. The van der Waals surface area contributed by atoms with Gasteiger partial charge < -0.3 is 0 Å². The van der Waals surface area contributed by atoms with Crippen molar-refractivity contribution in [2.24, 2.45) is 5.92 Å². The van der Waals surface area contributed by atoms with E-state index in [2.05, 4.69) is 148 Å². The van der Waals surface area contributed by atoms with Gasteiger partial charge in [-0.15, -0.1) is 24.8 Å². The van der Waals surface area contributed by atoms with Crippen molar-refractivity contribution in [3.8, 4) is 22.3 Å². The van der Waals surface area contributed by atoms with Crippen molar-refractivity contribution in [1.82, 2.24) is 0 Å². The average Bonchev–Trinajstić information content (AvgIpc) is 3.50. The average molecular weight is 691 g/mol. The van der Waals surface area contributed by atoms with E-state index in [9.17, 15) is 0 Å². The second kappa shape index (κ2) is 11.9. The predicted molar refractivity (Wildman–Crippen MR) is 190 cm³/mol. The van der Waals surface area contributed by atoms with E-state index in [1.54, 1.807) is 22.3 Å². The Balaban J connectivity index is 0.00000202. The summed E-state index contributed by atoms with van der Waals surface area (Å²) in [5.41, 5.74) is 17.7. The molecule has 4 aromatic rings. The van der Waals surface area contributed by atoms with Crippen molar-refractivity contribution in [2.45, 2.75) is 51.1 Å². The molecule has 2 atom stereocenters. The Hall–Kier alpha value is -1.96. The Morgan fingerprint density at radius 2 is 1.26 bits per heavy atom. The molecule has 218 valence electrons. The molecule has 0 aromatic heterocycles. The fourth-order valence-electron chi connectivity index (χ4n) is 8.34. The van der Waals surface area contributed by atoms with Crippen LogP contribution in [0.2, 0.25) is 9.26 Å². The number of allylic oxidation sites excluding steroid dienone is 2. The van der Waals surface area contributed by atoms with Crippen LogP contribution >= 0.6 is 24.8 Å². The minimum Gasteiger partial charge on any atom is -0.147 e. The zero-order chi connectivity index (χ0) is 28.4. The van der Waals surface area contributed by atoms with Crippen LogP contribution in [0, 0.1) is 19.8 Å². The smallest absolute Gasteiger partial charge is 0.147 e. The molecule has 2 aliphatic rings. The quantitative estimate of drug-likeness (QED) is 0.183. The molecule has 0 aliphatic heterocycles. The number of hydrogen-bond acceptors (Lipinski definition) is 0. The maximum absolute atomic E-state index is 3.64. The van der Waals surface area contributed by atoms with Crippen LogP contribution in [-0.2, 0) is 17.4 Å². The van der Waals surface area contributed by atoms with Gasteiger partial charge in [-0.3, -0.25) is 0 Å². The van der Waals surface area contributed by atoms with Gasteiger partial charge in [-0.25, -0.2) is 0 Å². The van der Waals surface area contributed by atoms with Crippen LogP contribution in [0.3, 0.4) is 0 Å². The molecule has 0 saturated carbocycles. The number of hydrogen-bond donors (Lipinski definition) is 0. The van der Waals surface area contributed by atoms with Gasteiger partial charge in [0.15, 0.2) is 0 Å². The first-order valence-electron chi connectivity index (χ1n) is 14.8. The van der Waals surface area contributed by atoms with Crippen molar-refractivity contribution in [3.63, 3.8) is 0 Å². The second-order valence-corrected chi connectivity index (χ2v) is 44.2. The number of fused-ring (bicyclic) bond motifs is 2. The first-order chi connectivity index (χ1) is 19.0. The summed E-state index contributed by atoms with van der Waals surface area (Å²) in [7, 11) is 0. The molecule has 0 heterocycles. The normalized spacial score (nSPS) is 17.5. The molecule has 0 saturated heterocycles. The molecule has 0 nitrogen and oxygen atoms in total. The predicted octanol–water partition coefficient (Wildman–Crippen LogP) is 11.1. The summed E-state index contributed by atoms with van der Waals surface area (Å²) in [5, 5.41) is 0. The summed E-state index contributed by atoms with van der Waals surface area (Å²) in [6.07, 6.45) is 5.15. The third-order valence-corrected chi connectivity index (χ3v) is 27.3. The van der Waals surface area contributed by atoms with E-state index in [-0.39, 0.29) is 24.8 Å². The third kappa shape index (κ3) is 5.21. The number of halogens is 2. The van der Waals surface area contributed by atoms with E-state index in [0.717, 1.165) is 0 Å². The second-order valence-electron chi connectivity index (χ2n) is 13.7. The van der Waals surface area contributed by atoms with Crippen LogP contribution in [0.15, 0.2) is 96.1 Å². The van der Waals surface area contributed by atoms with Crippen LogP contribution < -0.4 is 0 Å². The Labute approximate surface area is 268 Å². The van der Waals surface area contributed by atoms with Gasteiger partial charge in [-0.05, 0) is 0 Å². The molecule has 0 radical (unpaired) electrons. The minimum absolute atomic E-state index is 0. The molecule has 0 N–H and O–H groups in total. The summed E-state index contributed by atoms with van der Waals surface area (Å²) in [4.78, 5) is 0. The summed E-state index contributed by atoms with van der Waals surface area (Å²) >= 11 is -3.64. The van der Waals surface area contributed by atoms with E-state index >= 15 is 0 Å². The van der Waals surface area contributed by atoms with Gasteiger partial charge in [0, 0.05) is 0 Å². The van der Waals surface area contributed by atoms with Gasteiger partial charge in [0.2, 0.25) is 0 Å². The van der Waals surface area contributed by atoms with Crippen LogP contribution in [0.4, 0.5) is 0 Å². The zero-order valence-electron chi connectivity index (χ0n) is 26.0. The Morgan fingerprint density at radius 3 is 1.86 bits per heavy atom. The molecule has 0 fully saturated rings. The first kappa shape index (κ1) is 32.9. The molecule has 2 aliphatic carbocycles. The number of rotatable bonds is 5. The Bertz CT molecular complexity index is 1780. The number of benzene rings is 4. The summed E-state index contributed by atoms with van der Waals surface area (Å²) in [6.45, 7) is 14.4. The molecule has 4 heteroatoms. The van der Waals surface area contributed by atoms with Gasteiger partial charge in [0.1, 0.15) is 0 Å². The van der Waals surface area contributed by atoms with Gasteiger partial charge in [-0.1, -0.05) is 0 Å². The van der Waals surface area contributed by atoms with Crippen LogP contribution in [0.1, 0.15) is 61.4 Å². The van der Waals surface area contributed by atoms with E-state index in [0.29, 0.717) is 13.2 Å². The molecule has 0 bridgehead atoms. The summed E-state index contributed by atoms with van der Waals surface area (Å²) < 4.78 is 6.59. The Kier molecular flexibility index (Phi) is 9.30. The molecule has 0 spiro atoms. The summed E-state index contributed by atoms with van der Waals surface area (Å²) in [6, 6.07) is 31.6. The number of aryl methyl sites for hydroxylation is 2. The molecular weight excluding hydrogens is 647 g/mol. The maximum atomic E-state index is 2.77. The molecule has 42 heavy (non-hydrogen) atoms. The van der Waals surface area contributed by atoms with Crippen LogP contribution in [0.5, 0.6) is 0 Å². The van der Waals surface area contributed by atoms with E-state index in [1.807, 2.05) is 0 Å². The van der Waals surface area contributed by atoms with Crippen molar-refractivity contribution in [3.05, 3.63) is 129 Å².